The van der Waals surface area contributed by atoms with Crippen molar-refractivity contribution in [3.05, 3.63) is 95.6 Å². The predicted molar refractivity (Wildman–Crippen MR) is 315 cm³/mol. The van der Waals surface area contributed by atoms with Gasteiger partial charge in [-0.05, 0) is 60.2 Å². The second-order valence-electron chi connectivity index (χ2n) is 20.0. The van der Waals surface area contributed by atoms with Crippen LogP contribution in [-0.2, 0) is 49.6 Å². The van der Waals surface area contributed by atoms with Gasteiger partial charge in [0, 0.05) is 117 Å². The fraction of sp³-hybridized carbons (Fsp3) is 0.509. The van der Waals surface area contributed by atoms with Crippen molar-refractivity contribution in [3.63, 3.8) is 0 Å². The van der Waals surface area contributed by atoms with E-state index in [-0.39, 0.29) is 154 Å². The minimum absolute atomic E-state index is 0.0416. The van der Waals surface area contributed by atoms with E-state index in [9.17, 15) is 63.6 Å². The number of amides is 7. The van der Waals surface area contributed by atoms with Crippen LogP contribution in [0.25, 0.3) is 0 Å². The smallest absolute Gasteiger partial charge is 0.321 e. The lowest BCUT2D eigenvalue weighted by Gasteiger charge is -2.32. The quantitative estimate of drug-likeness (QED) is 0.0197. The third kappa shape index (κ3) is 29.6. The summed E-state index contributed by atoms with van der Waals surface area (Å²) in [4.78, 5) is 123. The van der Waals surface area contributed by atoms with Crippen LogP contribution in [0.15, 0.2) is 83.9 Å². The number of anilines is 1. The van der Waals surface area contributed by atoms with Gasteiger partial charge in [0.2, 0.25) is 29.5 Å². The molecule has 1 heterocycles. The number of phenolic OH excluding ortho intramolecular Hbond substituents is 1. The Morgan fingerprint density at radius 1 is 0.588 bits per heavy atom. The normalized spacial score (nSPS) is 14.7. The van der Waals surface area contributed by atoms with Crippen LogP contribution < -0.4 is 48.3 Å². The minimum Gasteiger partial charge on any atom is -0.508 e. The number of rotatable bonds is 34. The lowest BCUT2D eigenvalue weighted by Crippen LogP contribution is -2.50. The average Bonchev–Trinajstić information content (AvgIpc) is 3.33. The molecule has 4 rings (SSSR count). The maximum atomic E-state index is 14.5. The SMILES string of the molecule is CCC(=O)NCCNC(=O)NC(N)=NCCC[C@@H](NC(=O)C(c1ccccc1)c1cccc(NCCCNC(=O)CCOCCNC(=O)CN2CCN(CC(=O)O)CCN(CC(=O)O)CCN(CC(=O)O)CC2)c1)C(=O)NCc1ccc(O)cc1. The van der Waals surface area contributed by atoms with Crippen molar-refractivity contribution in [2.45, 2.75) is 57.5 Å². The molecule has 0 spiro atoms. The topological polar surface area (TPSA) is 391 Å². The highest BCUT2D eigenvalue weighted by molar-refractivity contribution is 5.95. The molecule has 1 aliphatic heterocycles. The summed E-state index contributed by atoms with van der Waals surface area (Å²) in [6.07, 6.45) is 1.41. The first-order valence-corrected chi connectivity index (χ1v) is 28.4. The highest BCUT2D eigenvalue weighted by Gasteiger charge is 2.29. The summed E-state index contributed by atoms with van der Waals surface area (Å²) in [5, 5.41) is 60.6. The summed E-state index contributed by atoms with van der Waals surface area (Å²) in [5.41, 5.74) is 8.71. The first-order chi connectivity index (χ1) is 40.9. The molecule has 85 heavy (non-hydrogen) atoms. The average molecular weight is 1190 g/mol. The molecule has 0 saturated carbocycles. The van der Waals surface area contributed by atoms with Crippen molar-refractivity contribution >= 4 is 65.1 Å². The number of guanidine groups is 1. The predicted octanol–water partition coefficient (Wildman–Crippen LogP) is -0.838. The number of nitrogens with zero attached hydrogens (tertiary/aromatic N) is 5. The number of hydrogen-bond acceptors (Lipinski definition) is 17. The number of carbonyl (C=O) groups is 9. The monoisotopic (exact) mass is 1190 g/mol. The summed E-state index contributed by atoms with van der Waals surface area (Å²) in [6.45, 7) is 4.94. The number of benzene rings is 3. The number of nitrogens with one attached hydrogen (secondary N) is 8. The van der Waals surface area contributed by atoms with Crippen molar-refractivity contribution in [2.75, 3.05) is 136 Å². The third-order valence-electron chi connectivity index (χ3n) is 13.3. The van der Waals surface area contributed by atoms with Crippen LogP contribution in [-0.4, -0.2) is 237 Å². The Bertz CT molecular complexity index is 2600. The fourth-order valence-electron chi connectivity index (χ4n) is 8.83. The number of aliphatic carboxylic acids is 3. The maximum absolute atomic E-state index is 14.5. The second kappa shape index (κ2) is 39.2. The van der Waals surface area contributed by atoms with Gasteiger partial charge in [-0.15, -0.1) is 0 Å². The molecular formula is C57H84N14O14. The maximum Gasteiger partial charge on any atom is 0.321 e. The van der Waals surface area contributed by atoms with Crippen molar-refractivity contribution in [1.29, 1.82) is 0 Å². The fourth-order valence-corrected chi connectivity index (χ4v) is 8.83. The van der Waals surface area contributed by atoms with Gasteiger partial charge >= 0.3 is 23.9 Å². The zero-order chi connectivity index (χ0) is 61.8. The van der Waals surface area contributed by atoms with Gasteiger partial charge in [-0.2, -0.15) is 0 Å². The molecule has 7 amide bonds. The zero-order valence-corrected chi connectivity index (χ0v) is 48.2. The molecule has 1 aliphatic rings. The van der Waals surface area contributed by atoms with E-state index in [2.05, 4.69) is 47.5 Å². The van der Waals surface area contributed by atoms with Gasteiger partial charge in [0.25, 0.3) is 0 Å². The van der Waals surface area contributed by atoms with Crippen LogP contribution in [0.2, 0.25) is 0 Å². The van der Waals surface area contributed by atoms with E-state index >= 15 is 0 Å². The number of carboxylic acids is 3. The molecule has 0 bridgehead atoms. The highest BCUT2D eigenvalue weighted by atomic mass is 16.5. The summed E-state index contributed by atoms with van der Waals surface area (Å²) in [5.74, 6) is -5.64. The number of phenols is 1. The number of nitrogens with two attached hydrogens (primary N) is 1. The number of aromatic hydroxyl groups is 1. The zero-order valence-electron chi connectivity index (χ0n) is 48.2. The Labute approximate surface area is 494 Å². The molecule has 0 aromatic heterocycles. The van der Waals surface area contributed by atoms with Gasteiger partial charge in [0.05, 0.1) is 45.3 Å². The molecule has 1 fully saturated rings. The van der Waals surface area contributed by atoms with Gasteiger partial charge in [-0.1, -0.05) is 61.5 Å². The van der Waals surface area contributed by atoms with Crippen molar-refractivity contribution in [2.24, 2.45) is 10.7 Å². The molecule has 3 aromatic rings. The Balaban J connectivity index is 1.24. The molecule has 3 aromatic carbocycles. The number of hydrogen-bond donors (Lipinski definition) is 13. The Kier molecular flexibility index (Phi) is 31.8. The molecule has 0 aliphatic carbocycles. The van der Waals surface area contributed by atoms with E-state index in [0.717, 1.165) is 11.3 Å². The molecule has 1 unspecified atom stereocenters. The van der Waals surface area contributed by atoms with Crippen LogP contribution in [0.4, 0.5) is 10.5 Å². The van der Waals surface area contributed by atoms with Crippen molar-refractivity contribution in [3.8, 4) is 5.75 Å². The van der Waals surface area contributed by atoms with Gasteiger partial charge in [-0.25, -0.2) is 4.79 Å². The number of carboxylic acid groups (broad SMARTS) is 3. The first-order valence-electron chi connectivity index (χ1n) is 28.4. The molecule has 1 saturated heterocycles. The van der Waals surface area contributed by atoms with Crippen LogP contribution in [0.3, 0.4) is 0 Å². The van der Waals surface area contributed by atoms with Crippen LogP contribution in [0.1, 0.15) is 61.6 Å². The van der Waals surface area contributed by atoms with Gasteiger partial charge in [0.1, 0.15) is 11.8 Å². The Morgan fingerprint density at radius 3 is 1.75 bits per heavy atom. The standard InChI is InChI=1S/C57H84N14O14/c1-2-47(73)61-22-23-64-57(84)67-56(58)63-19-7-13-46(54(82)65-36-41-14-16-45(72)17-15-41)66-55(83)53(42-9-4-3-5-10-42)43-11-6-12-44(35-43)59-20-8-21-60-48(74)18-33-85-34-24-62-49(75)37-68-25-27-69(38-50(76)77)29-31-71(40-52(80)81)32-30-70(28-26-68)39-51(78)79/h3-6,9-12,14-17,35,46,53,59,72H,2,7-8,13,18-34,36-40H2,1H3,(H,60,74)(H,61,73)(H,62,75)(H,65,82)(H,66,83)(H,76,77)(H,78,79)(H,80,81)(H4,58,63,64,67,84)/t46-,53?/m1/s1. The Morgan fingerprint density at radius 2 is 1.15 bits per heavy atom. The van der Waals surface area contributed by atoms with E-state index in [1.165, 1.54) is 12.1 Å². The summed E-state index contributed by atoms with van der Waals surface area (Å²) >= 11 is 0. The molecular weight excluding hydrogens is 1100 g/mol. The van der Waals surface area contributed by atoms with E-state index in [4.69, 9.17) is 10.5 Å². The van der Waals surface area contributed by atoms with E-state index < -0.39 is 47.7 Å². The van der Waals surface area contributed by atoms with Crippen LogP contribution in [0.5, 0.6) is 5.75 Å². The third-order valence-corrected chi connectivity index (χ3v) is 13.3. The molecule has 0 radical (unpaired) electrons. The molecule has 28 heteroatoms. The Hall–Kier alpha value is -8.44. The van der Waals surface area contributed by atoms with Gasteiger partial charge in [-0.3, -0.25) is 68.3 Å². The summed E-state index contributed by atoms with van der Waals surface area (Å²) in [7, 11) is 0. The largest absolute Gasteiger partial charge is 0.508 e. The van der Waals surface area contributed by atoms with Crippen molar-refractivity contribution in [1.82, 2.24) is 56.8 Å². The molecule has 2 atom stereocenters. The minimum atomic E-state index is -1.05. The number of aliphatic imine (C=N–C) groups is 1. The van der Waals surface area contributed by atoms with Gasteiger partial charge in [0.15, 0.2) is 5.96 Å². The lowest BCUT2D eigenvalue weighted by molar-refractivity contribution is -0.140. The van der Waals surface area contributed by atoms with E-state index in [0.29, 0.717) is 56.6 Å². The second-order valence-corrected chi connectivity index (χ2v) is 20.0. The van der Waals surface area contributed by atoms with E-state index in [1.807, 2.05) is 59.5 Å². The first kappa shape index (κ1) is 69.1. The number of ether oxygens (including phenoxy) is 1. The molecule has 466 valence electrons. The number of carbonyl (C=O) groups excluding carboxylic acids is 6. The van der Waals surface area contributed by atoms with Crippen LogP contribution in [0, 0.1) is 0 Å². The number of urea groups is 1. The summed E-state index contributed by atoms with van der Waals surface area (Å²) in [6, 6.07) is 21.2. The van der Waals surface area contributed by atoms with E-state index in [1.54, 1.807) is 33.8 Å². The molecule has 14 N–H and O–H groups in total. The lowest BCUT2D eigenvalue weighted by atomic mass is 9.89. The van der Waals surface area contributed by atoms with Gasteiger partial charge < -0.3 is 68.1 Å². The molecule has 28 nitrogen and oxygen atoms in total. The summed E-state index contributed by atoms with van der Waals surface area (Å²) < 4.78 is 5.61. The van der Waals surface area contributed by atoms with Crippen molar-refractivity contribution < 1.29 is 68.3 Å². The van der Waals surface area contributed by atoms with Crippen LogP contribution >= 0.6 is 0 Å². The highest BCUT2D eigenvalue weighted by Crippen LogP contribution is 2.28.